The number of carbonyl (C=O) groups is 1. The average Bonchev–Trinajstić information content (AvgIpc) is 2.01. The SMILES string of the molecule is CC[C@H](CO)NC(=O)CCN. The third-order valence-corrected chi connectivity index (χ3v) is 1.45. The van der Waals surface area contributed by atoms with E-state index in [1.54, 1.807) is 0 Å². The van der Waals surface area contributed by atoms with Gasteiger partial charge in [-0.25, -0.2) is 0 Å². The summed E-state index contributed by atoms with van der Waals surface area (Å²) in [6.07, 6.45) is 1.07. The van der Waals surface area contributed by atoms with Crippen LogP contribution in [0.15, 0.2) is 0 Å². The number of hydrogen-bond acceptors (Lipinski definition) is 3. The Hall–Kier alpha value is -0.610. The summed E-state index contributed by atoms with van der Waals surface area (Å²) in [4.78, 5) is 10.9. The van der Waals surface area contributed by atoms with Crippen molar-refractivity contribution in [3.63, 3.8) is 0 Å². The van der Waals surface area contributed by atoms with E-state index >= 15 is 0 Å². The van der Waals surface area contributed by atoms with Crippen molar-refractivity contribution in [3.8, 4) is 0 Å². The molecule has 1 atom stereocenters. The number of hydrogen-bond donors (Lipinski definition) is 3. The van der Waals surface area contributed by atoms with Crippen LogP contribution in [0.1, 0.15) is 19.8 Å². The first-order chi connectivity index (χ1) is 5.24. The summed E-state index contributed by atoms with van der Waals surface area (Å²) < 4.78 is 0. The van der Waals surface area contributed by atoms with Gasteiger partial charge >= 0.3 is 0 Å². The maximum atomic E-state index is 10.9. The summed E-state index contributed by atoms with van der Waals surface area (Å²) in [6, 6.07) is -0.117. The predicted octanol–water partition coefficient (Wildman–Crippen LogP) is -0.778. The third kappa shape index (κ3) is 4.75. The second kappa shape index (κ2) is 6.12. The van der Waals surface area contributed by atoms with Crippen molar-refractivity contribution in [1.82, 2.24) is 5.32 Å². The molecule has 11 heavy (non-hydrogen) atoms. The standard InChI is InChI=1S/C7H16N2O2/c1-2-6(5-10)9-7(11)3-4-8/h6,10H,2-5,8H2,1H3,(H,9,11)/t6-/m1/s1. The fourth-order valence-electron chi connectivity index (χ4n) is 0.708. The molecule has 0 aliphatic heterocycles. The molecule has 0 saturated carbocycles. The Labute approximate surface area is 66.8 Å². The number of nitrogens with two attached hydrogens (primary N) is 1. The lowest BCUT2D eigenvalue weighted by molar-refractivity contribution is -0.121. The molecule has 0 radical (unpaired) electrons. The number of aliphatic hydroxyl groups is 1. The molecule has 0 rings (SSSR count). The summed E-state index contributed by atoms with van der Waals surface area (Å²) in [5, 5.41) is 11.3. The van der Waals surface area contributed by atoms with Gasteiger partial charge in [0, 0.05) is 13.0 Å². The molecule has 0 aliphatic rings. The molecule has 0 fully saturated rings. The summed E-state index contributed by atoms with van der Waals surface area (Å²) in [5.41, 5.74) is 5.16. The Morgan fingerprint density at radius 3 is 2.73 bits per heavy atom. The van der Waals surface area contributed by atoms with Crippen LogP contribution in [0.4, 0.5) is 0 Å². The van der Waals surface area contributed by atoms with E-state index < -0.39 is 0 Å². The van der Waals surface area contributed by atoms with Crippen LogP contribution in [0, 0.1) is 0 Å². The molecular weight excluding hydrogens is 144 g/mol. The lowest BCUT2D eigenvalue weighted by atomic mass is 10.2. The zero-order chi connectivity index (χ0) is 8.69. The van der Waals surface area contributed by atoms with Crippen molar-refractivity contribution in [2.24, 2.45) is 5.73 Å². The third-order valence-electron chi connectivity index (χ3n) is 1.45. The minimum atomic E-state index is -0.117. The Bertz CT molecular complexity index is 113. The zero-order valence-corrected chi connectivity index (χ0v) is 6.84. The lowest BCUT2D eigenvalue weighted by Gasteiger charge is -2.12. The van der Waals surface area contributed by atoms with Gasteiger partial charge < -0.3 is 16.2 Å². The van der Waals surface area contributed by atoms with Gasteiger partial charge in [-0.1, -0.05) is 6.92 Å². The molecule has 0 heterocycles. The van der Waals surface area contributed by atoms with Gasteiger partial charge in [0.15, 0.2) is 0 Å². The smallest absolute Gasteiger partial charge is 0.221 e. The van der Waals surface area contributed by atoms with E-state index in [-0.39, 0.29) is 18.6 Å². The van der Waals surface area contributed by atoms with Crippen LogP contribution in [0.3, 0.4) is 0 Å². The molecule has 4 heteroatoms. The van der Waals surface area contributed by atoms with Crippen molar-refractivity contribution >= 4 is 5.91 Å². The largest absolute Gasteiger partial charge is 0.394 e. The number of carbonyl (C=O) groups excluding carboxylic acids is 1. The summed E-state index contributed by atoms with van der Waals surface area (Å²) in [6.45, 7) is 2.25. The second-order valence-corrected chi connectivity index (χ2v) is 2.39. The maximum absolute atomic E-state index is 10.9. The summed E-state index contributed by atoms with van der Waals surface area (Å²) >= 11 is 0. The van der Waals surface area contributed by atoms with Crippen LogP contribution in [-0.4, -0.2) is 30.2 Å². The van der Waals surface area contributed by atoms with Crippen molar-refractivity contribution in [3.05, 3.63) is 0 Å². The van der Waals surface area contributed by atoms with Gasteiger partial charge in [0.25, 0.3) is 0 Å². The topological polar surface area (TPSA) is 75.3 Å². The van der Waals surface area contributed by atoms with Crippen LogP contribution in [-0.2, 0) is 4.79 Å². The van der Waals surface area contributed by atoms with Crippen molar-refractivity contribution in [2.45, 2.75) is 25.8 Å². The lowest BCUT2D eigenvalue weighted by Crippen LogP contribution is -2.37. The number of nitrogens with one attached hydrogen (secondary N) is 1. The van der Waals surface area contributed by atoms with E-state index in [2.05, 4.69) is 5.32 Å². The molecule has 66 valence electrons. The Morgan fingerprint density at radius 1 is 1.73 bits per heavy atom. The quantitative estimate of drug-likeness (QED) is 0.494. The zero-order valence-electron chi connectivity index (χ0n) is 6.84. The van der Waals surface area contributed by atoms with Crippen molar-refractivity contribution < 1.29 is 9.90 Å². The van der Waals surface area contributed by atoms with Crippen LogP contribution < -0.4 is 11.1 Å². The van der Waals surface area contributed by atoms with Gasteiger partial charge in [-0.05, 0) is 6.42 Å². The number of rotatable bonds is 5. The van der Waals surface area contributed by atoms with Crippen molar-refractivity contribution in [1.29, 1.82) is 0 Å². The minimum Gasteiger partial charge on any atom is -0.394 e. The van der Waals surface area contributed by atoms with E-state index in [1.807, 2.05) is 6.92 Å². The first-order valence-corrected chi connectivity index (χ1v) is 3.84. The Balaban J connectivity index is 3.54. The highest BCUT2D eigenvalue weighted by molar-refractivity contribution is 5.76. The highest BCUT2D eigenvalue weighted by atomic mass is 16.3. The molecule has 0 aromatic carbocycles. The predicted molar refractivity (Wildman–Crippen MR) is 43.0 cm³/mol. The first-order valence-electron chi connectivity index (χ1n) is 3.84. The molecule has 0 spiro atoms. The van der Waals surface area contributed by atoms with Crippen LogP contribution in [0.5, 0.6) is 0 Å². The highest BCUT2D eigenvalue weighted by Gasteiger charge is 2.06. The van der Waals surface area contributed by atoms with E-state index in [1.165, 1.54) is 0 Å². The van der Waals surface area contributed by atoms with Gasteiger partial charge in [-0.2, -0.15) is 0 Å². The van der Waals surface area contributed by atoms with E-state index in [0.717, 1.165) is 6.42 Å². The van der Waals surface area contributed by atoms with Gasteiger partial charge in [-0.15, -0.1) is 0 Å². The van der Waals surface area contributed by atoms with E-state index in [9.17, 15) is 4.79 Å². The monoisotopic (exact) mass is 160 g/mol. The van der Waals surface area contributed by atoms with Gasteiger partial charge in [0.05, 0.1) is 12.6 Å². The molecule has 4 N–H and O–H groups in total. The fourth-order valence-corrected chi connectivity index (χ4v) is 0.708. The second-order valence-electron chi connectivity index (χ2n) is 2.39. The summed E-state index contributed by atoms with van der Waals surface area (Å²) in [7, 11) is 0. The first kappa shape index (κ1) is 10.4. The molecule has 0 aliphatic carbocycles. The van der Waals surface area contributed by atoms with Crippen LogP contribution in [0.2, 0.25) is 0 Å². The molecule has 4 nitrogen and oxygen atoms in total. The average molecular weight is 160 g/mol. The van der Waals surface area contributed by atoms with Gasteiger partial charge in [0.1, 0.15) is 0 Å². The molecule has 0 saturated heterocycles. The number of amides is 1. The van der Waals surface area contributed by atoms with Crippen LogP contribution in [0.25, 0.3) is 0 Å². The highest BCUT2D eigenvalue weighted by Crippen LogP contribution is 1.89. The van der Waals surface area contributed by atoms with E-state index in [0.29, 0.717) is 13.0 Å². The molecule has 0 bridgehead atoms. The Kier molecular flexibility index (Phi) is 5.78. The number of aliphatic hydroxyl groups excluding tert-OH is 1. The van der Waals surface area contributed by atoms with Gasteiger partial charge in [0.2, 0.25) is 5.91 Å². The van der Waals surface area contributed by atoms with Crippen molar-refractivity contribution in [2.75, 3.05) is 13.2 Å². The van der Waals surface area contributed by atoms with Crippen LogP contribution >= 0.6 is 0 Å². The molecule has 0 unspecified atom stereocenters. The minimum absolute atomic E-state index is 0.00713. The molecule has 0 aromatic heterocycles. The Morgan fingerprint density at radius 2 is 2.36 bits per heavy atom. The maximum Gasteiger partial charge on any atom is 0.221 e. The van der Waals surface area contributed by atoms with E-state index in [4.69, 9.17) is 10.8 Å². The normalized spacial score (nSPS) is 12.6. The fraction of sp³-hybridized carbons (Fsp3) is 0.857. The molecular formula is C7H16N2O2. The summed E-state index contributed by atoms with van der Waals surface area (Å²) in [5.74, 6) is -0.0894. The molecule has 1 amide bonds. The molecule has 0 aromatic rings. The van der Waals surface area contributed by atoms with Gasteiger partial charge in [-0.3, -0.25) is 4.79 Å².